The van der Waals surface area contributed by atoms with Crippen LogP contribution in [0.2, 0.25) is 0 Å². The van der Waals surface area contributed by atoms with E-state index in [1.165, 1.54) is 6.92 Å². The zero-order valence-electron chi connectivity index (χ0n) is 10.7. The Kier molecular flexibility index (Phi) is 5.97. The van der Waals surface area contributed by atoms with Crippen molar-refractivity contribution in [2.45, 2.75) is 13.3 Å². The molecule has 0 aliphatic carbocycles. The van der Waals surface area contributed by atoms with Crippen LogP contribution in [0.3, 0.4) is 0 Å². The summed E-state index contributed by atoms with van der Waals surface area (Å²) >= 11 is 0. The Hall–Kier alpha value is -2.04. The molecule has 4 nitrogen and oxygen atoms in total. The average Bonchev–Trinajstić information content (AvgIpc) is 2.45. The van der Waals surface area contributed by atoms with Gasteiger partial charge in [0.1, 0.15) is 0 Å². The predicted octanol–water partition coefficient (Wildman–Crippen LogP) is 4.05. The van der Waals surface area contributed by atoms with Crippen molar-refractivity contribution < 1.29 is 45.1 Å². The molecule has 0 bridgehead atoms. The van der Waals surface area contributed by atoms with Crippen LogP contribution in [0.4, 0.5) is 41.2 Å². The van der Waals surface area contributed by atoms with Gasteiger partial charge in [0.15, 0.2) is 29.0 Å². The van der Waals surface area contributed by atoms with E-state index in [0.29, 0.717) is 0 Å². The van der Waals surface area contributed by atoms with Gasteiger partial charge in [-0.2, -0.15) is 8.78 Å². The lowest BCUT2D eigenvalue weighted by molar-refractivity contribution is 0.00681. The van der Waals surface area contributed by atoms with E-state index in [1.807, 2.05) is 0 Å². The number of amides is 1. The second kappa shape index (κ2) is 7.29. The smallest absolute Gasteiger partial charge is 0.374 e. The Morgan fingerprint density at radius 2 is 1.41 bits per heavy atom. The van der Waals surface area contributed by atoms with Gasteiger partial charge in [0, 0.05) is 0 Å². The standard InChI is InChI=1S/C11H7F7NO3/c1-2-3-21-19(11(20)22-10(17)18)9-7(15)5(13)4(12)6(14)8(9)16/h2-3H2,1H3. The summed E-state index contributed by atoms with van der Waals surface area (Å²) in [6, 6.07) is 0. The molecule has 1 radical (unpaired) electrons. The highest BCUT2D eigenvalue weighted by atomic mass is 19.3. The van der Waals surface area contributed by atoms with E-state index in [1.54, 1.807) is 0 Å². The first-order chi connectivity index (χ1) is 10.2. The number of hydrogen-bond acceptors (Lipinski definition) is 3. The summed E-state index contributed by atoms with van der Waals surface area (Å²) in [6.45, 7) is -1.91. The minimum Gasteiger partial charge on any atom is -0.374 e. The minimum atomic E-state index is -2.92. The molecule has 0 heterocycles. The number of anilines is 1. The first kappa shape index (κ1) is 18.0. The molecule has 1 aromatic rings. The van der Waals surface area contributed by atoms with E-state index in [2.05, 4.69) is 9.57 Å². The molecule has 1 rings (SSSR count). The van der Waals surface area contributed by atoms with Crippen LogP contribution in [0.5, 0.6) is 0 Å². The summed E-state index contributed by atoms with van der Waals surface area (Å²) in [5, 5.41) is -0.571. The maximum atomic E-state index is 13.5. The van der Waals surface area contributed by atoms with Gasteiger partial charge >= 0.3 is 12.7 Å². The highest BCUT2D eigenvalue weighted by Gasteiger charge is 2.35. The Morgan fingerprint density at radius 1 is 0.955 bits per heavy atom. The maximum Gasteiger partial charge on any atom is 0.511 e. The van der Waals surface area contributed by atoms with E-state index in [9.17, 15) is 35.5 Å². The number of halogens is 7. The molecule has 0 aliphatic heterocycles. The monoisotopic (exact) mass is 334 g/mol. The van der Waals surface area contributed by atoms with Crippen molar-refractivity contribution in [2.75, 3.05) is 11.7 Å². The van der Waals surface area contributed by atoms with Crippen molar-refractivity contribution in [1.82, 2.24) is 0 Å². The van der Waals surface area contributed by atoms with E-state index >= 15 is 0 Å². The molecule has 0 unspecified atom stereocenters. The third kappa shape index (κ3) is 3.59. The summed E-state index contributed by atoms with van der Waals surface area (Å²) in [5.74, 6) is -12.1. The van der Waals surface area contributed by atoms with E-state index in [0.717, 1.165) is 0 Å². The van der Waals surface area contributed by atoms with Crippen molar-refractivity contribution >= 4 is 11.8 Å². The lowest BCUT2D eigenvalue weighted by Gasteiger charge is -2.21. The molecule has 0 spiro atoms. The molecule has 11 heteroatoms. The largest absolute Gasteiger partial charge is 0.511 e. The lowest BCUT2D eigenvalue weighted by atomic mass is 10.2. The van der Waals surface area contributed by atoms with Gasteiger partial charge in [0.25, 0.3) is 0 Å². The molecule has 0 saturated carbocycles. The predicted molar refractivity (Wildman–Crippen MR) is 56.9 cm³/mol. The number of carbonyl (C=O) groups excluding carboxylic acids is 1. The second-order valence-corrected chi connectivity index (χ2v) is 3.64. The maximum absolute atomic E-state index is 13.5. The van der Waals surface area contributed by atoms with Crippen LogP contribution >= 0.6 is 0 Å². The molecule has 1 amide bonds. The minimum absolute atomic E-state index is 0.126. The van der Waals surface area contributed by atoms with Gasteiger partial charge in [-0.25, -0.2) is 26.7 Å². The Morgan fingerprint density at radius 3 is 1.82 bits per heavy atom. The van der Waals surface area contributed by atoms with Crippen molar-refractivity contribution in [2.24, 2.45) is 0 Å². The number of hydroxylamine groups is 1. The molecular weight excluding hydrogens is 327 g/mol. The van der Waals surface area contributed by atoms with E-state index in [4.69, 9.17) is 0 Å². The van der Waals surface area contributed by atoms with Crippen LogP contribution in [0.15, 0.2) is 0 Å². The first-order valence-electron chi connectivity index (χ1n) is 5.56. The fourth-order valence-electron chi connectivity index (χ4n) is 1.27. The van der Waals surface area contributed by atoms with Crippen LogP contribution in [0.25, 0.3) is 0 Å². The highest BCUT2D eigenvalue weighted by molar-refractivity contribution is 5.86. The van der Waals surface area contributed by atoms with Crippen molar-refractivity contribution in [3.63, 3.8) is 0 Å². The molecule has 0 atom stereocenters. The topological polar surface area (TPSA) is 38.8 Å². The van der Waals surface area contributed by atoms with Crippen LogP contribution in [0.1, 0.15) is 13.3 Å². The Balaban J connectivity index is 3.39. The van der Waals surface area contributed by atoms with Gasteiger partial charge < -0.3 is 4.74 Å². The normalized spacial score (nSPS) is 11.0. The molecule has 22 heavy (non-hydrogen) atoms. The van der Waals surface area contributed by atoms with Crippen LogP contribution in [-0.4, -0.2) is 12.7 Å². The molecule has 0 fully saturated rings. The molecule has 1 aromatic carbocycles. The highest BCUT2D eigenvalue weighted by Crippen LogP contribution is 2.31. The molecule has 123 valence electrons. The first-order valence-corrected chi connectivity index (χ1v) is 5.56. The lowest BCUT2D eigenvalue weighted by Crippen LogP contribution is -2.34. The number of rotatable bonds is 5. The fraction of sp³-hybridized carbons (Fsp3) is 0.273. The Labute approximate surface area is 119 Å². The van der Waals surface area contributed by atoms with Crippen LogP contribution in [-0.2, 0) is 9.57 Å². The number of carbonyl (C=O) groups is 1. The number of hydrogen-bond donors (Lipinski definition) is 0. The van der Waals surface area contributed by atoms with Gasteiger partial charge in [-0.15, -0.1) is 5.06 Å². The summed E-state index contributed by atoms with van der Waals surface area (Å²) in [7, 11) is 0. The SMILES string of the molecule is CCCON(C(=O)O[C](F)F)c1c(F)c(F)c(F)c(F)c1F. The van der Waals surface area contributed by atoms with Gasteiger partial charge in [-0.1, -0.05) is 6.92 Å². The van der Waals surface area contributed by atoms with Crippen LogP contribution < -0.4 is 5.06 Å². The molecule has 0 N–H and O–H groups in total. The summed E-state index contributed by atoms with van der Waals surface area (Å²) in [4.78, 5) is 15.7. The van der Waals surface area contributed by atoms with Crippen molar-refractivity contribution in [1.29, 1.82) is 0 Å². The van der Waals surface area contributed by atoms with E-state index < -0.39 is 59.1 Å². The number of benzene rings is 1. The van der Waals surface area contributed by atoms with Gasteiger partial charge in [0.2, 0.25) is 5.82 Å². The van der Waals surface area contributed by atoms with Crippen LogP contribution in [0, 0.1) is 35.7 Å². The molecule has 0 saturated heterocycles. The molecule has 0 aliphatic rings. The van der Waals surface area contributed by atoms with Crippen molar-refractivity contribution in [3.8, 4) is 0 Å². The number of ether oxygens (including phenoxy) is 1. The fourth-order valence-corrected chi connectivity index (χ4v) is 1.27. The number of nitrogens with zero attached hydrogens (tertiary/aromatic N) is 1. The van der Waals surface area contributed by atoms with E-state index in [-0.39, 0.29) is 6.42 Å². The summed E-state index contributed by atoms with van der Waals surface area (Å²) in [6.07, 6.45) is -2.06. The third-order valence-electron chi connectivity index (χ3n) is 2.14. The zero-order chi connectivity index (χ0) is 17.0. The third-order valence-corrected chi connectivity index (χ3v) is 2.14. The molecule has 0 aromatic heterocycles. The quantitative estimate of drug-likeness (QED) is 0.353. The van der Waals surface area contributed by atoms with Gasteiger partial charge in [0.05, 0.1) is 6.61 Å². The average molecular weight is 334 g/mol. The Bertz CT molecular complexity index is 538. The van der Waals surface area contributed by atoms with Crippen molar-refractivity contribution in [3.05, 3.63) is 35.7 Å². The second-order valence-electron chi connectivity index (χ2n) is 3.64. The van der Waals surface area contributed by atoms with Gasteiger partial charge in [-0.3, -0.25) is 4.84 Å². The zero-order valence-corrected chi connectivity index (χ0v) is 10.7. The molecular formula is C11H7F7NO3. The summed E-state index contributed by atoms with van der Waals surface area (Å²) < 4.78 is 93.2. The summed E-state index contributed by atoms with van der Waals surface area (Å²) in [5.41, 5.74) is -1.86. The van der Waals surface area contributed by atoms with Gasteiger partial charge in [-0.05, 0) is 6.42 Å².